The molecule has 8 nitrogen and oxygen atoms in total. The van der Waals surface area contributed by atoms with Crippen molar-refractivity contribution in [1.82, 2.24) is 0 Å². The zero-order chi connectivity index (χ0) is 25.3. The summed E-state index contributed by atoms with van der Waals surface area (Å²) in [5.41, 5.74) is 1.42. The summed E-state index contributed by atoms with van der Waals surface area (Å²) in [6.45, 7) is 1.25. The van der Waals surface area contributed by atoms with Crippen molar-refractivity contribution >= 4 is 34.8 Å². The molecular formula is C26H34N4O4+2. The highest BCUT2D eigenvalue weighted by Crippen LogP contribution is 2.35. The van der Waals surface area contributed by atoms with Crippen LogP contribution in [0.5, 0.6) is 0 Å². The molecule has 34 heavy (non-hydrogen) atoms. The molecule has 1 aliphatic carbocycles. The number of ketones is 2. The summed E-state index contributed by atoms with van der Waals surface area (Å²) in [7, 11) is 12.0. The molecule has 180 valence electrons. The average molecular weight is 467 g/mol. The normalized spacial score (nSPS) is 13.2. The van der Waals surface area contributed by atoms with Gasteiger partial charge < -0.3 is 19.6 Å². The van der Waals surface area contributed by atoms with E-state index in [9.17, 15) is 19.2 Å². The monoisotopic (exact) mass is 466 g/mol. The number of rotatable bonds is 8. The molecular weight excluding hydrogens is 432 g/mol. The van der Waals surface area contributed by atoms with Crippen LogP contribution in [-0.4, -0.2) is 87.7 Å². The zero-order valence-corrected chi connectivity index (χ0v) is 20.8. The third-order valence-corrected chi connectivity index (χ3v) is 5.64. The molecule has 2 N–H and O–H groups in total. The minimum absolute atomic E-state index is 0.159. The Bertz CT molecular complexity index is 1070. The molecule has 0 aliphatic heterocycles. The van der Waals surface area contributed by atoms with E-state index < -0.39 is 5.78 Å². The highest BCUT2D eigenvalue weighted by molar-refractivity contribution is 6.32. The van der Waals surface area contributed by atoms with Gasteiger partial charge in [0.2, 0.25) is 11.8 Å². The molecule has 0 bridgehead atoms. The first-order valence-corrected chi connectivity index (χ1v) is 11.3. The van der Waals surface area contributed by atoms with E-state index >= 15 is 0 Å². The maximum Gasteiger partial charge on any atom is 0.230 e. The fourth-order valence-electron chi connectivity index (χ4n) is 3.75. The van der Waals surface area contributed by atoms with Gasteiger partial charge in [0.05, 0.1) is 90.7 Å². The minimum Gasteiger partial charge on any atom is -0.330 e. The van der Waals surface area contributed by atoms with Crippen LogP contribution in [0.2, 0.25) is 0 Å². The number of nitrogens with one attached hydrogen (secondary N) is 2. The molecule has 0 fully saturated rings. The highest BCUT2D eigenvalue weighted by atomic mass is 16.2. The number of quaternary nitrogens is 2. The van der Waals surface area contributed by atoms with Gasteiger partial charge in [0.1, 0.15) is 0 Å². The van der Waals surface area contributed by atoms with Crippen molar-refractivity contribution in [3.05, 3.63) is 58.7 Å². The maximum atomic E-state index is 13.6. The Kier molecular flexibility index (Phi) is 7.05. The van der Waals surface area contributed by atoms with Crippen LogP contribution in [0.25, 0.3) is 0 Å². The molecule has 0 atom stereocenters. The van der Waals surface area contributed by atoms with Crippen molar-refractivity contribution in [1.29, 1.82) is 0 Å². The minimum atomic E-state index is -0.394. The lowest BCUT2D eigenvalue weighted by Crippen LogP contribution is -2.37. The number of carbonyl (C=O) groups excluding carboxylic acids is 4. The largest absolute Gasteiger partial charge is 0.330 e. The summed E-state index contributed by atoms with van der Waals surface area (Å²) in [6.07, 6.45) is 0.555. The van der Waals surface area contributed by atoms with E-state index in [1.165, 1.54) is 0 Å². The molecule has 0 saturated carbocycles. The number of benzene rings is 2. The summed E-state index contributed by atoms with van der Waals surface area (Å²) in [5.74, 6) is -1.16. The van der Waals surface area contributed by atoms with Gasteiger partial charge >= 0.3 is 0 Å². The van der Waals surface area contributed by atoms with Crippen LogP contribution in [0.4, 0.5) is 11.4 Å². The third kappa shape index (κ3) is 5.95. The number of carbonyl (C=O) groups is 4. The van der Waals surface area contributed by atoms with Crippen LogP contribution in [0, 0.1) is 0 Å². The van der Waals surface area contributed by atoms with Gasteiger partial charge in [-0.15, -0.1) is 0 Å². The van der Waals surface area contributed by atoms with E-state index in [2.05, 4.69) is 10.6 Å². The second-order valence-corrected chi connectivity index (χ2v) is 10.7. The second-order valence-electron chi connectivity index (χ2n) is 10.7. The molecule has 1 aliphatic rings. The molecule has 0 aromatic heterocycles. The molecule has 2 amide bonds. The topological polar surface area (TPSA) is 92.3 Å². The van der Waals surface area contributed by atoms with Gasteiger partial charge in [-0.1, -0.05) is 24.3 Å². The predicted molar refractivity (Wildman–Crippen MR) is 132 cm³/mol. The fourth-order valence-corrected chi connectivity index (χ4v) is 3.75. The second kappa shape index (κ2) is 9.48. The Balaban J connectivity index is 1.92. The Morgan fingerprint density at radius 1 is 0.647 bits per heavy atom. The Hall–Kier alpha value is -3.36. The Morgan fingerprint density at radius 2 is 1.03 bits per heavy atom. The highest BCUT2D eigenvalue weighted by Gasteiger charge is 2.34. The first-order valence-electron chi connectivity index (χ1n) is 11.3. The van der Waals surface area contributed by atoms with Crippen molar-refractivity contribution in [3.63, 3.8) is 0 Å². The summed E-state index contributed by atoms with van der Waals surface area (Å²) in [6, 6.07) is 9.74. The van der Waals surface area contributed by atoms with Crippen molar-refractivity contribution < 1.29 is 28.1 Å². The van der Waals surface area contributed by atoms with Gasteiger partial charge in [0.25, 0.3) is 0 Å². The first-order chi connectivity index (χ1) is 15.8. The van der Waals surface area contributed by atoms with Crippen LogP contribution in [-0.2, 0) is 9.59 Å². The fraction of sp³-hybridized carbons (Fsp3) is 0.385. The van der Waals surface area contributed by atoms with Crippen molar-refractivity contribution in [2.24, 2.45) is 0 Å². The quantitative estimate of drug-likeness (QED) is 0.499. The van der Waals surface area contributed by atoms with Crippen LogP contribution in [0.15, 0.2) is 36.4 Å². The van der Waals surface area contributed by atoms with Gasteiger partial charge in [-0.05, 0) is 12.1 Å². The van der Waals surface area contributed by atoms with Crippen molar-refractivity contribution in [2.45, 2.75) is 12.8 Å². The number of nitrogens with zero attached hydrogens (tertiary/aromatic N) is 2. The van der Waals surface area contributed by atoms with E-state index in [0.717, 1.165) is 0 Å². The lowest BCUT2D eigenvalue weighted by molar-refractivity contribution is -0.869. The Labute approximate surface area is 200 Å². The molecule has 0 radical (unpaired) electrons. The van der Waals surface area contributed by atoms with Crippen LogP contribution >= 0.6 is 0 Å². The van der Waals surface area contributed by atoms with Crippen molar-refractivity contribution in [2.75, 3.05) is 66.0 Å². The third-order valence-electron chi connectivity index (χ3n) is 5.64. The summed E-state index contributed by atoms with van der Waals surface area (Å²) in [4.78, 5) is 52.0. The first kappa shape index (κ1) is 25.3. The summed E-state index contributed by atoms with van der Waals surface area (Å²) >= 11 is 0. The molecule has 0 spiro atoms. The molecule has 2 aromatic carbocycles. The van der Waals surface area contributed by atoms with Gasteiger partial charge in [-0.3, -0.25) is 19.2 Å². The smallest absolute Gasteiger partial charge is 0.230 e. The van der Waals surface area contributed by atoms with Gasteiger partial charge in [-0.2, -0.15) is 0 Å². The van der Waals surface area contributed by atoms with Crippen LogP contribution in [0.3, 0.4) is 0 Å². The molecule has 8 heteroatoms. The van der Waals surface area contributed by atoms with Crippen LogP contribution < -0.4 is 10.6 Å². The molecule has 2 aromatic rings. The zero-order valence-electron chi connectivity index (χ0n) is 20.8. The standard InChI is InChI=1S/C26H32N4O4/c1-29(2,3)15-13-21(31)27-19-11-7-9-17-23(19)26(34)24-18(25(17)33)10-8-12-20(24)28-22(32)14-16-30(4,5)6/h7-12H,13-16H2,1-6H3/p+2. The van der Waals surface area contributed by atoms with E-state index in [1.54, 1.807) is 36.4 Å². The lowest BCUT2D eigenvalue weighted by Gasteiger charge is -2.25. The Morgan fingerprint density at radius 3 is 1.38 bits per heavy atom. The molecule has 0 heterocycles. The average Bonchev–Trinajstić information content (AvgIpc) is 2.73. The maximum absolute atomic E-state index is 13.6. The molecule has 0 unspecified atom stereocenters. The van der Waals surface area contributed by atoms with E-state index in [-0.39, 0.29) is 52.7 Å². The molecule has 0 saturated heterocycles. The lowest BCUT2D eigenvalue weighted by atomic mass is 9.82. The van der Waals surface area contributed by atoms with Gasteiger partial charge in [0, 0.05) is 11.1 Å². The van der Waals surface area contributed by atoms with Crippen molar-refractivity contribution in [3.8, 4) is 0 Å². The number of amides is 2. The number of hydrogen-bond donors (Lipinski definition) is 2. The van der Waals surface area contributed by atoms with E-state index in [4.69, 9.17) is 0 Å². The molecule has 3 rings (SSSR count). The van der Waals surface area contributed by atoms with E-state index in [0.29, 0.717) is 33.4 Å². The summed E-state index contributed by atoms with van der Waals surface area (Å²) in [5, 5.41) is 5.62. The number of anilines is 2. The SMILES string of the molecule is C[N+](C)(C)CCC(=O)Nc1cccc2c1C(=O)c1c(NC(=O)CC[N+](C)(C)C)cccc1C2=O. The number of fused-ring (bicyclic) bond motifs is 2. The van der Waals surface area contributed by atoms with Gasteiger partial charge in [-0.25, -0.2) is 0 Å². The predicted octanol–water partition coefficient (Wildman–Crippen LogP) is 2.53. The van der Waals surface area contributed by atoms with Gasteiger partial charge in [0.15, 0.2) is 11.6 Å². The number of hydrogen-bond acceptors (Lipinski definition) is 4. The van der Waals surface area contributed by atoms with E-state index in [1.807, 2.05) is 42.3 Å². The summed E-state index contributed by atoms with van der Waals surface area (Å²) < 4.78 is 1.25. The van der Waals surface area contributed by atoms with Crippen LogP contribution in [0.1, 0.15) is 44.7 Å².